The molecule has 0 amide bonds. The van der Waals surface area contributed by atoms with Crippen LogP contribution >= 0.6 is 0 Å². The molecule has 6 heteroatoms. The SMILES string of the molecule is C[C@@H]1[C@H](OC(C)(C)O)O[C@@H](CO)[C@H]2OC(C)(C)O[C@@H]12. The predicted molar refractivity (Wildman–Crippen MR) is 66.1 cm³/mol. The fourth-order valence-electron chi connectivity index (χ4n) is 2.61. The summed E-state index contributed by atoms with van der Waals surface area (Å²) in [7, 11) is 0. The first-order valence-corrected chi connectivity index (χ1v) is 6.65. The quantitative estimate of drug-likeness (QED) is 0.735. The van der Waals surface area contributed by atoms with Gasteiger partial charge in [0, 0.05) is 5.92 Å². The van der Waals surface area contributed by atoms with E-state index in [1.807, 2.05) is 20.8 Å². The molecule has 2 N–H and O–H groups in total. The molecular weight excluding hydrogens is 252 g/mol. The third kappa shape index (κ3) is 3.26. The van der Waals surface area contributed by atoms with Gasteiger partial charge in [0.15, 0.2) is 17.9 Å². The van der Waals surface area contributed by atoms with E-state index in [4.69, 9.17) is 18.9 Å². The Kier molecular flexibility index (Phi) is 3.94. The summed E-state index contributed by atoms with van der Waals surface area (Å²) in [5.41, 5.74) is 0. The zero-order chi connectivity index (χ0) is 14.4. The maximum Gasteiger partial charge on any atom is 0.166 e. The molecule has 0 bridgehead atoms. The number of aliphatic hydroxyl groups is 2. The minimum Gasteiger partial charge on any atom is -0.394 e. The minimum absolute atomic E-state index is 0.110. The zero-order valence-electron chi connectivity index (χ0n) is 12.1. The second kappa shape index (κ2) is 4.95. The Morgan fingerprint density at radius 2 is 1.79 bits per heavy atom. The molecule has 0 saturated carbocycles. The molecule has 0 spiro atoms. The molecule has 2 saturated heterocycles. The summed E-state index contributed by atoms with van der Waals surface area (Å²) in [5.74, 6) is -2.12. The third-order valence-corrected chi connectivity index (χ3v) is 3.37. The fraction of sp³-hybridized carbons (Fsp3) is 1.00. The highest BCUT2D eigenvalue weighted by Gasteiger charge is 2.54. The van der Waals surface area contributed by atoms with Gasteiger partial charge in [-0.3, -0.25) is 0 Å². The molecule has 0 radical (unpaired) electrons. The summed E-state index contributed by atoms with van der Waals surface area (Å²) in [6.07, 6.45) is -1.71. The van der Waals surface area contributed by atoms with Crippen molar-refractivity contribution in [2.45, 2.75) is 70.8 Å². The zero-order valence-corrected chi connectivity index (χ0v) is 12.1. The van der Waals surface area contributed by atoms with Crippen molar-refractivity contribution < 1.29 is 29.2 Å². The Morgan fingerprint density at radius 3 is 2.32 bits per heavy atom. The van der Waals surface area contributed by atoms with Crippen LogP contribution in [-0.4, -0.2) is 53.0 Å². The van der Waals surface area contributed by atoms with E-state index >= 15 is 0 Å². The van der Waals surface area contributed by atoms with Gasteiger partial charge in [0.1, 0.15) is 12.2 Å². The van der Waals surface area contributed by atoms with Crippen LogP contribution in [0.25, 0.3) is 0 Å². The van der Waals surface area contributed by atoms with Gasteiger partial charge in [0.05, 0.1) is 12.7 Å². The predicted octanol–water partition coefficient (Wildman–Crippen LogP) is 0.605. The highest BCUT2D eigenvalue weighted by atomic mass is 16.8. The second-order valence-electron chi connectivity index (χ2n) is 6.21. The largest absolute Gasteiger partial charge is 0.394 e. The van der Waals surface area contributed by atoms with Crippen LogP contribution in [-0.2, 0) is 18.9 Å². The van der Waals surface area contributed by atoms with Gasteiger partial charge in [-0.1, -0.05) is 6.92 Å². The minimum atomic E-state index is -1.30. The summed E-state index contributed by atoms with van der Waals surface area (Å²) in [4.78, 5) is 0. The van der Waals surface area contributed by atoms with E-state index in [1.54, 1.807) is 13.8 Å². The van der Waals surface area contributed by atoms with E-state index in [9.17, 15) is 10.2 Å². The average Bonchev–Trinajstić information content (AvgIpc) is 2.57. The van der Waals surface area contributed by atoms with Crippen molar-refractivity contribution in [1.82, 2.24) is 0 Å². The van der Waals surface area contributed by atoms with E-state index in [0.29, 0.717) is 0 Å². The fourth-order valence-corrected chi connectivity index (χ4v) is 2.61. The summed E-state index contributed by atoms with van der Waals surface area (Å²) in [6, 6.07) is 0. The first kappa shape index (κ1) is 15.2. The molecule has 19 heavy (non-hydrogen) atoms. The van der Waals surface area contributed by atoms with E-state index in [2.05, 4.69) is 0 Å². The van der Waals surface area contributed by atoms with Gasteiger partial charge in [-0.15, -0.1) is 0 Å². The first-order chi connectivity index (χ1) is 8.63. The highest BCUT2D eigenvalue weighted by molar-refractivity contribution is 4.95. The summed E-state index contributed by atoms with van der Waals surface area (Å²) in [5, 5.41) is 19.2. The van der Waals surface area contributed by atoms with Gasteiger partial charge in [-0.25, -0.2) is 0 Å². The highest BCUT2D eigenvalue weighted by Crippen LogP contribution is 2.40. The molecule has 5 atom stereocenters. The molecule has 2 heterocycles. The Bertz CT molecular complexity index is 324. The molecule has 2 rings (SSSR count). The van der Waals surface area contributed by atoms with Crippen molar-refractivity contribution >= 4 is 0 Å². The molecule has 112 valence electrons. The number of hydrogen-bond acceptors (Lipinski definition) is 6. The molecule has 0 aromatic carbocycles. The lowest BCUT2D eigenvalue weighted by Gasteiger charge is -2.42. The molecule has 2 aliphatic heterocycles. The Balaban J connectivity index is 2.15. The summed E-state index contributed by atoms with van der Waals surface area (Å²) >= 11 is 0. The molecule has 0 aliphatic carbocycles. The summed E-state index contributed by atoms with van der Waals surface area (Å²) < 4.78 is 22.8. The van der Waals surface area contributed by atoms with E-state index in [-0.39, 0.29) is 24.7 Å². The van der Waals surface area contributed by atoms with E-state index < -0.39 is 24.0 Å². The maximum atomic E-state index is 9.75. The van der Waals surface area contributed by atoms with E-state index in [0.717, 1.165) is 0 Å². The van der Waals surface area contributed by atoms with Crippen molar-refractivity contribution in [2.24, 2.45) is 5.92 Å². The molecule has 0 aromatic rings. The monoisotopic (exact) mass is 276 g/mol. The van der Waals surface area contributed by atoms with Crippen LogP contribution in [0.1, 0.15) is 34.6 Å². The Hall–Kier alpha value is -0.240. The molecule has 0 unspecified atom stereocenters. The lowest BCUT2D eigenvalue weighted by molar-refractivity contribution is -0.331. The second-order valence-corrected chi connectivity index (χ2v) is 6.21. The lowest BCUT2D eigenvalue weighted by atomic mass is 9.92. The van der Waals surface area contributed by atoms with Crippen molar-refractivity contribution in [2.75, 3.05) is 6.61 Å². The molecule has 2 aliphatic rings. The molecule has 6 nitrogen and oxygen atoms in total. The van der Waals surface area contributed by atoms with Gasteiger partial charge < -0.3 is 29.2 Å². The van der Waals surface area contributed by atoms with Crippen LogP contribution in [0.4, 0.5) is 0 Å². The molecule has 2 fully saturated rings. The standard InChI is InChI=1S/C13H24O6/c1-7-9-10(18-13(4,5)17-9)8(6-14)16-11(7)19-12(2,3)15/h7-11,14-15H,6H2,1-5H3/t7-,8-,9-,10+,11-/m0/s1. The van der Waals surface area contributed by atoms with Gasteiger partial charge >= 0.3 is 0 Å². The lowest BCUT2D eigenvalue weighted by Crippen LogP contribution is -2.55. The van der Waals surface area contributed by atoms with Crippen LogP contribution in [0.5, 0.6) is 0 Å². The van der Waals surface area contributed by atoms with Crippen molar-refractivity contribution in [3.63, 3.8) is 0 Å². The molecule has 0 aromatic heterocycles. The average molecular weight is 276 g/mol. The normalized spacial score (nSPS) is 42.2. The van der Waals surface area contributed by atoms with Crippen LogP contribution in [0.15, 0.2) is 0 Å². The van der Waals surface area contributed by atoms with Crippen LogP contribution in [0, 0.1) is 5.92 Å². The van der Waals surface area contributed by atoms with Gasteiger partial charge in [0.25, 0.3) is 0 Å². The molecular formula is C13H24O6. The van der Waals surface area contributed by atoms with Crippen LogP contribution in [0.3, 0.4) is 0 Å². The number of ether oxygens (including phenoxy) is 4. The van der Waals surface area contributed by atoms with Crippen molar-refractivity contribution in [1.29, 1.82) is 0 Å². The maximum absolute atomic E-state index is 9.75. The van der Waals surface area contributed by atoms with Gasteiger partial charge in [-0.2, -0.15) is 0 Å². The third-order valence-electron chi connectivity index (χ3n) is 3.37. The van der Waals surface area contributed by atoms with Gasteiger partial charge in [0.2, 0.25) is 0 Å². The number of rotatable bonds is 3. The number of fused-ring (bicyclic) bond motifs is 1. The topological polar surface area (TPSA) is 77.4 Å². The Morgan fingerprint density at radius 1 is 1.21 bits per heavy atom. The van der Waals surface area contributed by atoms with Gasteiger partial charge in [-0.05, 0) is 27.7 Å². The van der Waals surface area contributed by atoms with E-state index in [1.165, 1.54) is 0 Å². The number of aliphatic hydroxyl groups excluding tert-OH is 1. The van der Waals surface area contributed by atoms with Crippen molar-refractivity contribution in [3.05, 3.63) is 0 Å². The first-order valence-electron chi connectivity index (χ1n) is 6.65. The summed E-state index contributed by atoms with van der Waals surface area (Å²) in [6.45, 7) is 8.49. The van der Waals surface area contributed by atoms with Crippen molar-refractivity contribution in [3.8, 4) is 0 Å². The smallest absolute Gasteiger partial charge is 0.166 e. The Labute approximate surface area is 113 Å². The van der Waals surface area contributed by atoms with Crippen LogP contribution in [0.2, 0.25) is 0 Å². The van der Waals surface area contributed by atoms with Crippen LogP contribution < -0.4 is 0 Å². The number of hydrogen-bond donors (Lipinski definition) is 2.